The lowest BCUT2D eigenvalue weighted by Gasteiger charge is -2.13. The van der Waals surface area contributed by atoms with Gasteiger partial charge < -0.3 is 15.5 Å². The van der Waals surface area contributed by atoms with Crippen molar-refractivity contribution in [2.24, 2.45) is 0 Å². The van der Waals surface area contributed by atoms with Crippen LogP contribution in [0.15, 0.2) is 48.5 Å². The number of rotatable bonds is 6. The number of hydrogen-bond donors (Lipinski definition) is 3. The van der Waals surface area contributed by atoms with E-state index < -0.39 is 6.29 Å². The van der Waals surface area contributed by atoms with E-state index in [9.17, 15) is 4.79 Å². The van der Waals surface area contributed by atoms with Crippen LogP contribution in [0.5, 0.6) is 0 Å². The summed E-state index contributed by atoms with van der Waals surface area (Å²) in [5.74, 6) is 0.198. The SMILES string of the molecule is O=C(CCC1c2ccccc2-c2ccccc21)NCCC(O)O. The number of fused-ring (bicyclic) bond motifs is 3. The van der Waals surface area contributed by atoms with E-state index >= 15 is 0 Å². The predicted octanol–water partition coefficient (Wildman–Crippen LogP) is 2.40. The molecule has 0 saturated heterocycles. The van der Waals surface area contributed by atoms with Crippen LogP contribution in [0.4, 0.5) is 0 Å². The molecule has 0 fully saturated rings. The molecule has 1 aliphatic carbocycles. The molecule has 1 aliphatic rings. The van der Waals surface area contributed by atoms with Crippen molar-refractivity contribution in [2.45, 2.75) is 31.5 Å². The van der Waals surface area contributed by atoms with Gasteiger partial charge in [-0.25, -0.2) is 0 Å². The van der Waals surface area contributed by atoms with Crippen LogP contribution >= 0.6 is 0 Å². The maximum Gasteiger partial charge on any atom is 0.220 e. The van der Waals surface area contributed by atoms with Crippen molar-refractivity contribution >= 4 is 5.91 Å². The molecule has 0 unspecified atom stereocenters. The predicted molar refractivity (Wildman–Crippen MR) is 88.8 cm³/mol. The van der Waals surface area contributed by atoms with Gasteiger partial charge in [-0.15, -0.1) is 0 Å². The van der Waals surface area contributed by atoms with Crippen LogP contribution in [0.3, 0.4) is 0 Å². The van der Waals surface area contributed by atoms with E-state index in [1.165, 1.54) is 22.3 Å². The molecule has 120 valence electrons. The Balaban J connectivity index is 1.67. The average molecular weight is 311 g/mol. The van der Waals surface area contributed by atoms with Crippen LogP contribution in [-0.4, -0.2) is 29.0 Å². The van der Waals surface area contributed by atoms with Gasteiger partial charge in [0.05, 0.1) is 0 Å². The van der Waals surface area contributed by atoms with E-state index in [0.29, 0.717) is 6.42 Å². The number of carbonyl (C=O) groups excluding carboxylic acids is 1. The Kier molecular flexibility index (Phi) is 4.74. The van der Waals surface area contributed by atoms with Gasteiger partial charge in [0.25, 0.3) is 0 Å². The Morgan fingerprint density at radius 3 is 2.13 bits per heavy atom. The van der Waals surface area contributed by atoms with Crippen molar-refractivity contribution in [1.82, 2.24) is 5.32 Å². The van der Waals surface area contributed by atoms with Crippen LogP contribution in [0.1, 0.15) is 36.3 Å². The minimum absolute atomic E-state index is 0.0486. The van der Waals surface area contributed by atoms with Crippen LogP contribution in [-0.2, 0) is 4.79 Å². The summed E-state index contributed by atoms with van der Waals surface area (Å²) in [6, 6.07) is 16.7. The molecule has 0 atom stereocenters. The number of aliphatic hydroxyl groups excluding tert-OH is 1. The normalized spacial score (nSPS) is 13.0. The largest absolute Gasteiger partial charge is 0.368 e. The summed E-state index contributed by atoms with van der Waals surface area (Å²) in [4.78, 5) is 11.9. The smallest absolute Gasteiger partial charge is 0.220 e. The molecule has 0 radical (unpaired) electrons. The van der Waals surface area contributed by atoms with Gasteiger partial charge in [-0.05, 0) is 28.7 Å². The number of aliphatic hydroxyl groups is 2. The molecule has 1 amide bonds. The van der Waals surface area contributed by atoms with Crippen molar-refractivity contribution in [1.29, 1.82) is 0 Å². The zero-order valence-corrected chi connectivity index (χ0v) is 12.9. The summed E-state index contributed by atoms with van der Waals surface area (Å²) in [5, 5.41) is 20.3. The molecule has 0 heterocycles. The number of benzene rings is 2. The average Bonchev–Trinajstić information content (AvgIpc) is 2.87. The van der Waals surface area contributed by atoms with Gasteiger partial charge in [-0.2, -0.15) is 0 Å². The number of carbonyl (C=O) groups is 1. The van der Waals surface area contributed by atoms with Gasteiger partial charge >= 0.3 is 0 Å². The molecule has 4 heteroatoms. The standard InChI is InChI=1S/C19H21NO3/c21-18(20-12-11-19(22)23)10-9-17-15-7-3-1-5-13(15)14-6-2-4-8-16(14)17/h1-8,17,19,22-23H,9-12H2,(H,20,21). The van der Waals surface area contributed by atoms with E-state index in [0.717, 1.165) is 6.42 Å². The lowest BCUT2D eigenvalue weighted by molar-refractivity contribution is -0.121. The molecule has 0 bridgehead atoms. The zero-order valence-electron chi connectivity index (χ0n) is 12.9. The molecule has 3 rings (SSSR count). The molecule has 2 aromatic carbocycles. The Morgan fingerprint density at radius 1 is 1.00 bits per heavy atom. The molecule has 23 heavy (non-hydrogen) atoms. The number of nitrogens with one attached hydrogen (secondary N) is 1. The summed E-state index contributed by atoms with van der Waals surface area (Å²) in [6.45, 7) is 0.286. The third-order valence-corrected chi connectivity index (χ3v) is 4.35. The van der Waals surface area contributed by atoms with E-state index in [1.807, 2.05) is 24.3 Å². The maximum atomic E-state index is 11.9. The zero-order chi connectivity index (χ0) is 16.2. The fourth-order valence-electron chi connectivity index (χ4n) is 3.28. The molecule has 2 aromatic rings. The highest BCUT2D eigenvalue weighted by Crippen LogP contribution is 2.46. The van der Waals surface area contributed by atoms with E-state index in [-0.39, 0.29) is 24.8 Å². The molecular weight excluding hydrogens is 290 g/mol. The van der Waals surface area contributed by atoms with Gasteiger partial charge in [0, 0.05) is 25.3 Å². The van der Waals surface area contributed by atoms with Crippen molar-refractivity contribution in [3.63, 3.8) is 0 Å². The van der Waals surface area contributed by atoms with Crippen LogP contribution in [0, 0.1) is 0 Å². The van der Waals surface area contributed by atoms with Crippen molar-refractivity contribution in [3.8, 4) is 11.1 Å². The third kappa shape index (κ3) is 3.44. The highest BCUT2D eigenvalue weighted by Gasteiger charge is 2.27. The Labute approximate surface area is 135 Å². The molecule has 3 N–H and O–H groups in total. The van der Waals surface area contributed by atoms with Crippen molar-refractivity contribution < 1.29 is 15.0 Å². The first kappa shape index (κ1) is 15.7. The third-order valence-electron chi connectivity index (χ3n) is 4.35. The molecule has 0 aromatic heterocycles. The summed E-state index contributed by atoms with van der Waals surface area (Å²) in [5.41, 5.74) is 5.09. The minimum atomic E-state index is -1.37. The summed E-state index contributed by atoms with van der Waals surface area (Å²) in [7, 11) is 0. The molecule has 0 aliphatic heterocycles. The van der Waals surface area contributed by atoms with E-state index in [2.05, 4.69) is 29.6 Å². The second-order valence-electron chi connectivity index (χ2n) is 5.89. The molecule has 4 nitrogen and oxygen atoms in total. The monoisotopic (exact) mass is 311 g/mol. The lowest BCUT2D eigenvalue weighted by atomic mass is 9.92. The van der Waals surface area contributed by atoms with E-state index in [4.69, 9.17) is 10.2 Å². The van der Waals surface area contributed by atoms with Crippen LogP contribution in [0.2, 0.25) is 0 Å². The van der Waals surface area contributed by atoms with Gasteiger partial charge in [0.2, 0.25) is 5.91 Å². The van der Waals surface area contributed by atoms with Gasteiger partial charge in [0.15, 0.2) is 6.29 Å². The number of hydrogen-bond acceptors (Lipinski definition) is 3. The molecule has 0 saturated carbocycles. The quantitative estimate of drug-likeness (QED) is 0.718. The maximum absolute atomic E-state index is 11.9. The highest BCUT2D eigenvalue weighted by molar-refractivity contribution is 5.80. The molecular formula is C19H21NO3. The summed E-state index contributed by atoms with van der Waals surface area (Å²) >= 11 is 0. The number of amides is 1. The van der Waals surface area contributed by atoms with E-state index in [1.54, 1.807) is 0 Å². The fraction of sp³-hybridized carbons (Fsp3) is 0.316. The summed E-state index contributed by atoms with van der Waals surface area (Å²) < 4.78 is 0. The van der Waals surface area contributed by atoms with Gasteiger partial charge in [-0.1, -0.05) is 48.5 Å². The second-order valence-corrected chi connectivity index (χ2v) is 5.89. The van der Waals surface area contributed by atoms with Gasteiger partial charge in [0.1, 0.15) is 0 Å². The molecule has 0 spiro atoms. The first-order chi connectivity index (χ1) is 11.2. The van der Waals surface area contributed by atoms with Gasteiger partial charge in [-0.3, -0.25) is 4.79 Å². The Hall–Kier alpha value is -2.17. The second kappa shape index (κ2) is 6.94. The summed E-state index contributed by atoms with van der Waals surface area (Å²) in [6.07, 6.45) is -0.0408. The van der Waals surface area contributed by atoms with Crippen molar-refractivity contribution in [3.05, 3.63) is 59.7 Å². The first-order valence-electron chi connectivity index (χ1n) is 7.98. The highest BCUT2D eigenvalue weighted by atomic mass is 16.5. The van der Waals surface area contributed by atoms with Crippen molar-refractivity contribution in [2.75, 3.05) is 6.54 Å². The minimum Gasteiger partial charge on any atom is -0.368 e. The van der Waals surface area contributed by atoms with Crippen LogP contribution in [0.25, 0.3) is 11.1 Å². The lowest BCUT2D eigenvalue weighted by Crippen LogP contribution is -2.27. The Morgan fingerprint density at radius 2 is 1.57 bits per heavy atom. The fourth-order valence-corrected chi connectivity index (χ4v) is 3.28. The Bertz CT molecular complexity index is 651. The topological polar surface area (TPSA) is 69.6 Å². The van der Waals surface area contributed by atoms with Crippen LogP contribution < -0.4 is 5.32 Å². The first-order valence-corrected chi connectivity index (χ1v) is 7.98.